The molecule has 0 aliphatic carbocycles. The van der Waals surface area contributed by atoms with Gasteiger partial charge in [-0.1, -0.05) is 30.3 Å². The van der Waals surface area contributed by atoms with Crippen LogP contribution in [0, 0.1) is 13.8 Å². The summed E-state index contributed by atoms with van der Waals surface area (Å²) >= 11 is 0. The third-order valence-electron chi connectivity index (χ3n) is 3.32. The van der Waals surface area contributed by atoms with Crippen LogP contribution in [0.15, 0.2) is 46.9 Å². The second-order valence-corrected chi connectivity index (χ2v) is 4.92. The Kier molecular flexibility index (Phi) is 3.50. The van der Waals surface area contributed by atoms with Crippen molar-refractivity contribution in [1.82, 2.24) is 15.2 Å². The number of nitrogens with two attached hydrogens (primary N) is 1. The quantitative estimate of drug-likeness (QED) is 0.798. The fourth-order valence-electron chi connectivity index (χ4n) is 2.18. The largest absolute Gasteiger partial charge is 0.419 e. The zero-order valence-electron chi connectivity index (χ0n) is 11.9. The van der Waals surface area contributed by atoms with Crippen molar-refractivity contribution >= 4 is 0 Å². The first kappa shape index (κ1) is 13.5. The van der Waals surface area contributed by atoms with Gasteiger partial charge in [0.1, 0.15) is 6.04 Å². The highest BCUT2D eigenvalue weighted by atomic mass is 16.4. The Morgan fingerprint density at radius 1 is 1.00 bits per heavy atom. The molecule has 1 unspecified atom stereocenters. The lowest BCUT2D eigenvalue weighted by molar-refractivity contribution is 0.484. The monoisotopic (exact) mass is 280 g/mol. The van der Waals surface area contributed by atoms with E-state index in [0.717, 1.165) is 22.5 Å². The van der Waals surface area contributed by atoms with Gasteiger partial charge >= 0.3 is 0 Å². The number of aryl methyl sites for hydroxylation is 2. The van der Waals surface area contributed by atoms with Gasteiger partial charge in [-0.15, -0.1) is 10.2 Å². The average Bonchev–Trinajstić information content (AvgIpc) is 2.97. The van der Waals surface area contributed by atoms with E-state index in [1.807, 2.05) is 56.3 Å². The molecular weight excluding hydrogens is 264 g/mol. The second kappa shape index (κ2) is 5.46. The van der Waals surface area contributed by atoms with Gasteiger partial charge in [0.2, 0.25) is 11.8 Å². The Balaban J connectivity index is 1.93. The van der Waals surface area contributed by atoms with Crippen LogP contribution in [0.4, 0.5) is 0 Å². The first-order valence-corrected chi connectivity index (χ1v) is 6.73. The molecule has 5 nitrogen and oxygen atoms in total. The van der Waals surface area contributed by atoms with E-state index < -0.39 is 6.04 Å². The minimum Gasteiger partial charge on any atom is -0.419 e. The summed E-state index contributed by atoms with van der Waals surface area (Å²) in [4.78, 5) is 4.40. The molecule has 0 spiro atoms. The lowest BCUT2D eigenvalue weighted by Crippen LogP contribution is -2.11. The molecule has 2 heterocycles. The van der Waals surface area contributed by atoms with Gasteiger partial charge < -0.3 is 10.2 Å². The number of aromatic nitrogens is 3. The number of rotatable bonds is 3. The summed E-state index contributed by atoms with van der Waals surface area (Å²) in [7, 11) is 0. The molecule has 5 heteroatoms. The Hall–Kier alpha value is -2.53. The molecule has 0 saturated heterocycles. The van der Waals surface area contributed by atoms with E-state index in [4.69, 9.17) is 10.2 Å². The maximum absolute atomic E-state index is 6.16. The molecule has 0 fully saturated rings. The van der Waals surface area contributed by atoms with E-state index in [0.29, 0.717) is 11.8 Å². The Morgan fingerprint density at radius 3 is 2.48 bits per heavy atom. The van der Waals surface area contributed by atoms with Crippen LogP contribution in [0.25, 0.3) is 11.5 Å². The van der Waals surface area contributed by atoms with Crippen LogP contribution in [0.3, 0.4) is 0 Å². The predicted octanol–water partition coefficient (Wildman–Crippen LogP) is 2.80. The fraction of sp³-hybridized carbons (Fsp3) is 0.188. The topological polar surface area (TPSA) is 77.8 Å². The molecule has 2 N–H and O–H groups in total. The standard InChI is InChI=1S/C16H16N4O/c1-10-8-9-13(11(2)18-10)15-19-20-16(21-15)14(17)12-6-4-3-5-7-12/h3-9,14H,17H2,1-2H3. The molecule has 0 bridgehead atoms. The summed E-state index contributed by atoms with van der Waals surface area (Å²) in [5, 5.41) is 8.15. The van der Waals surface area contributed by atoms with Crippen molar-refractivity contribution in [3.63, 3.8) is 0 Å². The Labute approximate surface area is 122 Å². The molecule has 0 saturated carbocycles. The zero-order valence-corrected chi connectivity index (χ0v) is 11.9. The predicted molar refractivity (Wildman–Crippen MR) is 79.5 cm³/mol. The van der Waals surface area contributed by atoms with E-state index in [2.05, 4.69) is 15.2 Å². The van der Waals surface area contributed by atoms with E-state index in [-0.39, 0.29) is 0 Å². The normalized spacial score (nSPS) is 12.3. The van der Waals surface area contributed by atoms with Crippen LogP contribution in [0.2, 0.25) is 0 Å². The van der Waals surface area contributed by atoms with Gasteiger partial charge in [-0.25, -0.2) is 0 Å². The highest BCUT2D eigenvalue weighted by molar-refractivity contribution is 5.55. The first-order valence-electron chi connectivity index (χ1n) is 6.73. The zero-order chi connectivity index (χ0) is 14.8. The van der Waals surface area contributed by atoms with Crippen molar-refractivity contribution in [1.29, 1.82) is 0 Å². The Bertz CT molecular complexity index is 752. The fourth-order valence-corrected chi connectivity index (χ4v) is 2.18. The number of hydrogen-bond acceptors (Lipinski definition) is 5. The summed E-state index contributed by atoms with van der Waals surface area (Å²) in [6.45, 7) is 3.87. The van der Waals surface area contributed by atoms with E-state index >= 15 is 0 Å². The lowest BCUT2D eigenvalue weighted by Gasteiger charge is -2.06. The third-order valence-corrected chi connectivity index (χ3v) is 3.32. The van der Waals surface area contributed by atoms with Gasteiger partial charge in [0, 0.05) is 5.69 Å². The van der Waals surface area contributed by atoms with Crippen molar-refractivity contribution < 1.29 is 4.42 Å². The highest BCUT2D eigenvalue weighted by Gasteiger charge is 2.18. The molecule has 0 aliphatic rings. The van der Waals surface area contributed by atoms with Crippen molar-refractivity contribution in [2.75, 3.05) is 0 Å². The summed E-state index contributed by atoms with van der Waals surface area (Å²) < 4.78 is 5.72. The number of hydrogen-bond donors (Lipinski definition) is 1. The summed E-state index contributed by atoms with van der Waals surface area (Å²) in [5.74, 6) is 0.845. The number of pyridine rings is 1. The molecule has 3 rings (SSSR count). The molecule has 2 aromatic heterocycles. The van der Waals surface area contributed by atoms with Crippen LogP contribution in [-0.2, 0) is 0 Å². The lowest BCUT2D eigenvalue weighted by atomic mass is 10.1. The van der Waals surface area contributed by atoms with Gasteiger partial charge in [-0.05, 0) is 31.5 Å². The molecule has 106 valence electrons. The minimum atomic E-state index is -0.425. The summed E-state index contributed by atoms with van der Waals surface area (Å²) in [6.07, 6.45) is 0. The third kappa shape index (κ3) is 2.68. The molecular formula is C16H16N4O. The van der Waals surface area contributed by atoms with Crippen molar-refractivity contribution in [2.24, 2.45) is 5.73 Å². The molecule has 1 atom stereocenters. The van der Waals surface area contributed by atoms with Gasteiger partial charge in [0.05, 0.1) is 11.3 Å². The van der Waals surface area contributed by atoms with E-state index in [9.17, 15) is 0 Å². The van der Waals surface area contributed by atoms with Crippen LogP contribution < -0.4 is 5.73 Å². The van der Waals surface area contributed by atoms with Crippen LogP contribution in [0.5, 0.6) is 0 Å². The molecule has 0 radical (unpaired) electrons. The van der Waals surface area contributed by atoms with Crippen LogP contribution in [-0.4, -0.2) is 15.2 Å². The summed E-state index contributed by atoms with van der Waals surface area (Å²) in [6, 6.07) is 13.1. The van der Waals surface area contributed by atoms with Gasteiger partial charge in [-0.3, -0.25) is 4.98 Å². The first-order chi connectivity index (χ1) is 10.1. The molecule has 3 aromatic rings. The number of benzene rings is 1. The average molecular weight is 280 g/mol. The Morgan fingerprint density at radius 2 is 1.76 bits per heavy atom. The van der Waals surface area contributed by atoms with E-state index in [1.165, 1.54) is 0 Å². The molecule has 0 amide bonds. The maximum Gasteiger partial charge on any atom is 0.249 e. The maximum atomic E-state index is 6.16. The van der Waals surface area contributed by atoms with Gasteiger partial charge in [0.25, 0.3) is 0 Å². The highest BCUT2D eigenvalue weighted by Crippen LogP contribution is 2.24. The molecule has 1 aromatic carbocycles. The minimum absolute atomic E-state index is 0.399. The SMILES string of the molecule is Cc1ccc(-c2nnc(C(N)c3ccccc3)o2)c(C)n1. The van der Waals surface area contributed by atoms with E-state index in [1.54, 1.807) is 0 Å². The smallest absolute Gasteiger partial charge is 0.249 e. The van der Waals surface area contributed by atoms with Crippen molar-refractivity contribution in [2.45, 2.75) is 19.9 Å². The molecule has 0 aliphatic heterocycles. The number of nitrogens with zero attached hydrogens (tertiary/aromatic N) is 3. The van der Waals surface area contributed by atoms with Crippen molar-refractivity contribution in [3.8, 4) is 11.5 Å². The molecule has 21 heavy (non-hydrogen) atoms. The van der Waals surface area contributed by atoms with Crippen molar-refractivity contribution in [3.05, 3.63) is 65.3 Å². The van der Waals surface area contributed by atoms with Crippen LogP contribution >= 0.6 is 0 Å². The van der Waals surface area contributed by atoms with Gasteiger partial charge in [-0.2, -0.15) is 0 Å². The van der Waals surface area contributed by atoms with Crippen LogP contribution in [0.1, 0.15) is 28.9 Å². The van der Waals surface area contributed by atoms with Gasteiger partial charge in [0.15, 0.2) is 0 Å². The second-order valence-electron chi connectivity index (χ2n) is 4.92. The summed E-state index contributed by atoms with van der Waals surface area (Å²) in [5.41, 5.74) is 9.74.